The number of hydrogen-bond acceptors (Lipinski definition) is 4. The molecule has 1 N–H and O–H groups in total. The van der Waals surface area contributed by atoms with Gasteiger partial charge in [-0.25, -0.2) is 17.5 Å². The summed E-state index contributed by atoms with van der Waals surface area (Å²) in [5.74, 6) is -0.561. The molecule has 6 nitrogen and oxygen atoms in total. The van der Waals surface area contributed by atoms with Gasteiger partial charge in [0.2, 0.25) is 21.0 Å². The van der Waals surface area contributed by atoms with E-state index in [1.807, 2.05) is 50.2 Å². The van der Waals surface area contributed by atoms with Crippen LogP contribution in [0.25, 0.3) is 0 Å². The predicted octanol–water partition coefficient (Wildman–Crippen LogP) is 6.31. The molecule has 3 aromatic carbocycles. The SMILES string of the molecule is Cc1cccc(CN(C(=O)C[C@H](C)c2ccc(F)cc2)c2ccc3c(c2)[C@H](NS(=O)(=O)c2cccc([ClH+])c2)CCC3)n1. The Balaban J connectivity index is 1.47. The fourth-order valence-corrected chi connectivity index (χ4v) is 7.00. The molecule has 5 rings (SSSR count). The van der Waals surface area contributed by atoms with Crippen molar-refractivity contribution >= 4 is 21.6 Å². The van der Waals surface area contributed by atoms with E-state index in [-0.39, 0.29) is 35.5 Å². The molecule has 2 atom stereocenters. The highest BCUT2D eigenvalue weighted by Crippen LogP contribution is 2.35. The van der Waals surface area contributed by atoms with Crippen LogP contribution in [-0.4, -0.2) is 19.3 Å². The summed E-state index contributed by atoms with van der Waals surface area (Å²) in [5, 5.41) is 0.456. The molecule has 0 unspecified atom stereocenters. The lowest BCUT2D eigenvalue weighted by atomic mass is 9.87. The number of rotatable bonds is 9. The second-order valence-electron chi connectivity index (χ2n) is 10.8. The number of pyridine rings is 1. The van der Waals surface area contributed by atoms with E-state index in [0.29, 0.717) is 17.1 Å². The summed E-state index contributed by atoms with van der Waals surface area (Å²) >= 11 is 5.18. The molecule has 1 aliphatic rings. The molecule has 0 radical (unpaired) electrons. The molecular formula is C33H34ClFN3O3S+. The fraction of sp³-hybridized carbons (Fsp3) is 0.273. The maximum Gasteiger partial charge on any atom is 0.241 e. The van der Waals surface area contributed by atoms with Crippen LogP contribution in [0, 0.1) is 24.3 Å². The van der Waals surface area contributed by atoms with Gasteiger partial charge in [-0.2, -0.15) is 0 Å². The van der Waals surface area contributed by atoms with E-state index < -0.39 is 16.1 Å². The minimum Gasteiger partial charge on any atom is -0.306 e. The zero-order valence-electron chi connectivity index (χ0n) is 23.6. The number of aromatic nitrogens is 1. The Bertz CT molecular complexity index is 1700. The Morgan fingerprint density at radius 2 is 1.83 bits per heavy atom. The number of anilines is 1. The lowest BCUT2D eigenvalue weighted by Crippen LogP contribution is -2.33. The second-order valence-corrected chi connectivity index (χ2v) is 13.0. The van der Waals surface area contributed by atoms with Crippen LogP contribution in [0.4, 0.5) is 10.1 Å². The number of hydrogen-bond donors (Lipinski definition) is 1. The smallest absolute Gasteiger partial charge is 0.241 e. The monoisotopic (exact) mass is 606 g/mol. The first-order valence-corrected chi connectivity index (χ1v) is 15.9. The third-order valence-corrected chi connectivity index (χ3v) is 9.38. The lowest BCUT2D eigenvalue weighted by molar-refractivity contribution is -0.289. The lowest BCUT2D eigenvalue weighted by Gasteiger charge is -2.30. The Morgan fingerprint density at radius 1 is 1.07 bits per heavy atom. The summed E-state index contributed by atoms with van der Waals surface area (Å²) in [7, 11) is -3.81. The molecule has 0 spiro atoms. The number of benzene rings is 3. The van der Waals surface area contributed by atoms with Crippen molar-refractivity contribution in [2.75, 3.05) is 4.90 Å². The summed E-state index contributed by atoms with van der Waals surface area (Å²) in [6, 6.07) is 23.7. The fourth-order valence-electron chi connectivity index (χ4n) is 5.43. The van der Waals surface area contributed by atoms with Crippen LogP contribution < -0.4 is 9.62 Å². The zero-order chi connectivity index (χ0) is 29.9. The summed E-state index contributed by atoms with van der Waals surface area (Å²) < 4.78 is 43.0. The van der Waals surface area contributed by atoms with Crippen LogP contribution in [0.2, 0.25) is 5.02 Å². The maximum absolute atomic E-state index is 13.9. The third-order valence-electron chi connectivity index (χ3n) is 7.66. The van der Waals surface area contributed by atoms with Gasteiger partial charge in [-0.15, -0.1) is 0 Å². The average molecular weight is 607 g/mol. The Kier molecular flexibility index (Phi) is 9.06. The molecule has 218 valence electrons. The molecule has 0 fully saturated rings. The first-order valence-electron chi connectivity index (χ1n) is 14.0. The summed E-state index contributed by atoms with van der Waals surface area (Å²) in [6.45, 7) is 4.12. The molecule has 4 aromatic rings. The van der Waals surface area contributed by atoms with Crippen LogP contribution in [0.5, 0.6) is 0 Å². The molecule has 0 aliphatic heterocycles. The Hall–Kier alpha value is -3.59. The average Bonchev–Trinajstić information content (AvgIpc) is 2.96. The number of sulfonamides is 1. The van der Waals surface area contributed by atoms with E-state index in [0.717, 1.165) is 40.9 Å². The van der Waals surface area contributed by atoms with Crippen molar-refractivity contribution in [2.45, 2.75) is 62.9 Å². The number of carbonyl (C=O) groups is 1. The standard InChI is InChI=1S/C33H34ClFN3O3S/c1-22(24-12-15-27(35)16-13-24)18-33(39)38(21-28-9-3-6-23(2)36-28)29-17-14-25-7-4-11-32(31(25)20-29)37-42(40,41)30-10-5-8-26(34)19-30/h3,5-6,8-10,12-17,19-20,22,32,34,37H,4,7,11,18,21H2,1-2H3/q+1/t22-,32+/m0/s1. The van der Waals surface area contributed by atoms with Crippen molar-refractivity contribution in [1.82, 2.24) is 9.71 Å². The molecule has 1 amide bonds. The van der Waals surface area contributed by atoms with Gasteiger partial charge in [0, 0.05) is 36.0 Å². The van der Waals surface area contributed by atoms with Crippen molar-refractivity contribution in [3.63, 3.8) is 0 Å². The van der Waals surface area contributed by atoms with Crippen molar-refractivity contribution in [3.05, 3.63) is 124 Å². The number of nitrogens with one attached hydrogen (secondary N) is 1. The molecule has 1 heterocycles. The number of carbonyl (C=O) groups excluding carboxylic acids is 1. The minimum atomic E-state index is -3.81. The highest BCUT2D eigenvalue weighted by atomic mass is 35.5. The van der Waals surface area contributed by atoms with Gasteiger partial charge in [-0.3, -0.25) is 9.78 Å². The van der Waals surface area contributed by atoms with Gasteiger partial charge in [-0.05, 0) is 91.3 Å². The van der Waals surface area contributed by atoms with Crippen LogP contribution in [-0.2, 0) is 27.8 Å². The van der Waals surface area contributed by atoms with Gasteiger partial charge in [-0.1, -0.05) is 37.3 Å². The van der Waals surface area contributed by atoms with E-state index in [1.54, 1.807) is 29.2 Å². The summed E-state index contributed by atoms with van der Waals surface area (Å²) in [5.41, 5.74) is 5.06. The number of fused-ring (bicyclic) bond motifs is 1. The quantitative estimate of drug-likeness (QED) is 0.242. The molecule has 1 aliphatic carbocycles. The molecule has 0 bridgehead atoms. The highest BCUT2D eigenvalue weighted by molar-refractivity contribution is 7.89. The maximum atomic E-state index is 13.9. The van der Waals surface area contributed by atoms with E-state index in [1.165, 1.54) is 24.3 Å². The molecule has 0 saturated carbocycles. The van der Waals surface area contributed by atoms with Crippen molar-refractivity contribution in [2.24, 2.45) is 0 Å². The Morgan fingerprint density at radius 3 is 2.57 bits per heavy atom. The van der Waals surface area contributed by atoms with E-state index >= 15 is 0 Å². The van der Waals surface area contributed by atoms with Gasteiger partial charge in [0.25, 0.3) is 0 Å². The highest BCUT2D eigenvalue weighted by Gasteiger charge is 2.28. The van der Waals surface area contributed by atoms with Crippen LogP contribution in [0.3, 0.4) is 0 Å². The van der Waals surface area contributed by atoms with Gasteiger partial charge >= 0.3 is 0 Å². The van der Waals surface area contributed by atoms with Crippen LogP contribution in [0.1, 0.15) is 66.2 Å². The van der Waals surface area contributed by atoms with Crippen LogP contribution >= 0.6 is 0 Å². The van der Waals surface area contributed by atoms with Crippen LogP contribution in [0.15, 0.2) is 89.8 Å². The predicted molar refractivity (Wildman–Crippen MR) is 159 cm³/mol. The van der Waals surface area contributed by atoms with E-state index in [4.69, 9.17) is 11.6 Å². The number of nitrogens with zero attached hydrogens (tertiary/aromatic N) is 2. The van der Waals surface area contributed by atoms with Gasteiger partial charge in [0.05, 0.1) is 17.1 Å². The van der Waals surface area contributed by atoms with E-state index in [9.17, 15) is 17.6 Å². The van der Waals surface area contributed by atoms with Crippen molar-refractivity contribution < 1.29 is 29.2 Å². The molecule has 9 heteroatoms. The van der Waals surface area contributed by atoms with Crippen molar-refractivity contribution in [3.8, 4) is 0 Å². The normalized spacial score (nSPS) is 15.6. The van der Waals surface area contributed by atoms with Gasteiger partial charge < -0.3 is 4.90 Å². The molecular weight excluding hydrogens is 573 g/mol. The Labute approximate surface area is 251 Å². The number of halogens is 2. The van der Waals surface area contributed by atoms with Crippen molar-refractivity contribution in [1.29, 1.82) is 0 Å². The molecule has 42 heavy (non-hydrogen) atoms. The number of amides is 1. The summed E-state index contributed by atoms with van der Waals surface area (Å²) in [6.07, 6.45) is 2.51. The zero-order valence-corrected chi connectivity index (χ0v) is 25.2. The largest absolute Gasteiger partial charge is 0.306 e. The first-order chi connectivity index (χ1) is 20.1. The summed E-state index contributed by atoms with van der Waals surface area (Å²) in [4.78, 5) is 20.4. The number of aryl methyl sites for hydroxylation is 2. The topological polar surface area (TPSA) is 79.4 Å². The van der Waals surface area contributed by atoms with E-state index in [2.05, 4.69) is 9.71 Å². The first kappa shape index (κ1) is 29.9. The molecule has 0 saturated heterocycles. The van der Waals surface area contributed by atoms with Gasteiger partial charge in [0.1, 0.15) is 5.82 Å². The third kappa shape index (κ3) is 7.06. The second kappa shape index (κ2) is 12.7. The molecule has 1 aromatic heterocycles. The van der Waals surface area contributed by atoms with Gasteiger partial charge in [0.15, 0.2) is 11.6 Å². The minimum absolute atomic E-state index is 0.106.